The molecule has 3 rings (SSSR count). The number of esters is 1. The van der Waals surface area contributed by atoms with E-state index < -0.39 is 114 Å². The van der Waals surface area contributed by atoms with E-state index in [4.69, 9.17) is 60.6 Å². The third-order valence-corrected chi connectivity index (χ3v) is 8.95. The van der Waals surface area contributed by atoms with Crippen LogP contribution in [-0.2, 0) is 51.0 Å². The maximum Gasteiger partial charge on any atom is 0.472 e. The Morgan fingerprint density at radius 1 is 0.762 bits per heavy atom. The van der Waals surface area contributed by atoms with Gasteiger partial charge in [0.1, 0.15) is 60.2 Å². The highest BCUT2D eigenvalue weighted by Gasteiger charge is 2.49. The molecule has 3 aliphatic heterocycles. The lowest BCUT2D eigenvalue weighted by atomic mass is 9.85. The molecule has 42 heavy (non-hydrogen) atoms. The molecule has 0 aromatic heterocycles. The lowest BCUT2D eigenvalue weighted by Crippen LogP contribution is -2.35. The molecule has 0 amide bonds. The van der Waals surface area contributed by atoms with Crippen molar-refractivity contribution in [3.8, 4) is 0 Å². The summed E-state index contributed by atoms with van der Waals surface area (Å²) in [5, 5.41) is 9.53. The molecule has 3 fully saturated rings. The van der Waals surface area contributed by atoms with Gasteiger partial charge in [0.25, 0.3) is 0 Å². The average molecular weight is 628 g/mol. The van der Waals surface area contributed by atoms with Crippen LogP contribution in [0.2, 0.25) is 0 Å². The van der Waals surface area contributed by atoms with Crippen molar-refractivity contribution in [2.45, 2.75) is 61.6 Å². The smallest absolute Gasteiger partial charge is 0.459 e. The van der Waals surface area contributed by atoms with Gasteiger partial charge in [0.15, 0.2) is 0 Å². The Morgan fingerprint density at radius 3 is 1.50 bits per heavy atom. The molecule has 0 aromatic carbocycles. The zero-order chi connectivity index (χ0) is 31.4. The van der Waals surface area contributed by atoms with Gasteiger partial charge in [0, 0.05) is 42.7 Å². The molecule has 0 aromatic rings. The van der Waals surface area contributed by atoms with Gasteiger partial charge in [0.2, 0.25) is 0 Å². The van der Waals surface area contributed by atoms with E-state index in [1.165, 1.54) is 25.2 Å². The monoisotopic (exact) mass is 628 g/mol. The van der Waals surface area contributed by atoms with Gasteiger partial charge < -0.3 is 33.8 Å². The van der Waals surface area contributed by atoms with Gasteiger partial charge in [-0.15, -0.1) is 19.7 Å². The van der Waals surface area contributed by atoms with Crippen LogP contribution < -0.4 is 0 Å². The van der Waals surface area contributed by atoms with Crippen LogP contribution in [0.5, 0.6) is 0 Å². The van der Waals surface area contributed by atoms with E-state index in [2.05, 4.69) is 19.7 Å². The summed E-state index contributed by atoms with van der Waals surface area (Å²) in [5.41, 5.74) is 0. The van der Waals surface area contributed by atoms with E-state index in [0.29, 0.717) is 0 Å². The minimum atomic E-state index is -4.90. The molecule has 228 valence electrons. The van der Waals surface area contributed by atoms with Gasteiger partial charge in [-0.05, 0) is 0 Å². The molecule has 0 saturated carbocycles. The zero-order valence-corrected chi connectivity index (χ0v) is 24.7. The summed E-state index contributed by atoms with van der Waals surface area (Å²) in [6, 6.07) is -2.95. The molecular formula is C23H33B3O14P2. The minimum Gasteiger partial charge on any atom is -0.459 e. The number of hydrogen-bond acceptors (Lipinski definition) is 12. The molecule has 14 nitrogen and oxygen atoms in total. The molecule has 6 radical (unpaired) electrons. The number of aliphatic hydroxyl groups is 1. The Hall–Kier alpha value is -1.06. The summed E-state index contributed by atoms with van der Waals surface area (Å²) in [5.74, 6) is -2.85. The number of phosphoric acid groups is 2. The van der Waals surface area contributed by atoms with Crippen LogP contribution in [0.15, 0.2) is 38.0 Å². The van der Waals surface area contributed by atoms with Gasteiger partial charge in [-0.2, -0.15) is 0 Å². The molecule has 3 N–H and O–H groups in total. The van der Waals surface area contributed by atoms with Crippen molar-refractivity contribution in [1.29, 1.82) is 0 Å². The molecule has 5 unspecified atom stereocenters. The van der Waals surface area contributed by atoms with Crippen molar-refractivity contribution >= 4 is 45.2 Å². The molecule has 0 aliphatic carbocycles. The highest BCUT2D eigenvalue weighted by molar-refractivity contribution is 7.47. The second-order valence-corrected chi connectivity index (χ2v) is 12.6. The molecule has 0 spiro atoms. The van der Waals surface area contributed by atoms with Crippen molar-refractivity contribution in [1.82, 2.24) is 0 Å². The molecule has 0 bridgehead atoms. The lowest BCUT2D eigenvalue weighted by molar-refractivity contribution is -0.151. The first-order valence-electron chi connectivity index (χ1n) is 12.9. The second kappa shape index (κ2) is 14.8. The van der Waals surface area contributed by atoms with Gasteiger partial charge in [0.05, 0.1) is 19.8 Å². The van der Waals surface area contributed by atoms with Gasteiger partial charge in [-0.3, -0.25) is 22.9 Å². The van der Waals surface area contributed by atoms with Crippen LogP contribution in [0.4, 0.5) is 0 Å². The average Bonchev–Trinajstić information content (AvgIpc) is 3.49. The van der Waals surface area contributed by atoms with E-state index in [1.807, 2.05) is 0 Å². The molecular weight excluding hydrogens is 595 g/mol. The zero-order valence-electron chi connectivity index (χ0n) is 22.9. The molecule has 19 heteroatoms. The summed E-state index contributed by atoms with van der Waals surface area (Å²) < 4.78 is 68.1. The van der Waals surface area contributed by atoms with Crippen LogP contribution in [0.1, 0.15) is 6.92 Å². The standard InChI is InChI=1S/C23H33B3O14P2/c1-5-12-18(35-11(4)28)16(37-21(12)24)9-33-42(31,32)40-20-14(7-3)23(26)38-17(20)10-34-41(29,30)39-19-13(6-2)22(25)36-15(19)8-27/h5-7,12-23,27H,1-3,8-10H2,4H3,(H,29,30)(H,31,32)/t12?,13?,14?,15-,16-,17-,18-,19-,20-,21-,22-,23-/m1/s1. The fourth-order valence-corrected chi connectivity index (χ4v) is 6.92. The number of phosphoric ester groups is 2. The molecule has 3 heterocycles. The maximum absolute atomic E-state index is 12.9. The number of rotatable bonds is 15. The molecule has 3 saturated heterocycles. The first-order chi connectivity index (χ1) is 19.7. The quantitative estimate of drug-likeness (QED) is 0.0953. The molecule has 14 atom stereocenters. The first-order valence-corrected chi connectivity index (χ1v) is 15.9. The van der Waals surface area contributed by atoms with E-state index in [0.717, 1.165) is 0 Å². The van der Waals surface area contributed by atoms with Crippen LogP contribution >= 0.6 is 15.6 Å². The summed E-state index contributed by atoms with van der Waals surface area (Å²) in [7, 11) is 7.94. The largest absolute Gasteiger partial charge is 0.472 e. The highest BCUT2D eigenvalue weighted by Crippen LogP contribution is 2.52. The number of carbonyl (C=O) groups is 1. The van der Waals surface area contributed by atoms with Crippen molar-refractivity contribution in [2.24, 2.45) is 17.8 Å². The number of ether oxygens (including phenoxy) is 4. The first kappa shape index (κ1) is 35.4. The van der Waals surface area contributed by atoms with Crippen molar-refractivity contribution in [3.05, 3.63) is 38.0 Å². The second-order valence-electron chi connectivity index (χ2n) is 9.78. The summed E-state index contributed by atoms with van der Waals surface area (Å²) >= 11 is 0. The van der Waals surface area contributed by atoms with E-state index >= 15 is 0 Å². The van der Waals surface area contributed by atoms with Gasteiger partial charge in [-0.1, -0.05) is 18.2 Å². The Bertz CT molecular complexity index is 1080. The normalized spacial score (nSPS) is 41.0. The van der Waals surface area contributed by atoms with Crippen LogP contribution in [0.25, 0.3) is 0 Å². The van der Waals surface area contributed by atoms with Crippen molar-refractivity contribution in [3.63, 3.8) is 0 Å². The van der Waals surface area contributed by atoms with E-state index in [-0.39, 0.29) is 0 Å². The fourth-order valence-electron chi connectivity index (χ4n) is 4.96. The Kier molecular flexibility index (Phi) is 12.5. The third-order valence-electron chi connectivity index (χ3n) is 6.98. The van der Waals surface area contributed by atoms with Crippen LogP contribution in [0.3, 0.4) is 0 Å². The van der Waals surface area contributed by atoms with Crippen molar-refractivity contribution < 1.29 is 65.9 Å². The number of hydrogen-bond donors (Lipinski definition) is 3. The summed E-state index contributed by atoms with van der Waals surface area (Å²) in [6.07, 6.45) is -2.65. The third kappa shape index (κ3) is 8.56. The SMILES string of the molecule is [B][C@@H]1O[C@H](COP(=O)(O)O[C@@H]2C(C=C)[C@H]([B])O[C@@H]2COP(=O)(O)O[C@@H]2C(C=C)[C@H]([B])O[C@@H]2CO)[C@H](OC(C)=O)C1C=C. The van der Waals surface area contributed by atoms with Crippen molar-refractivity contribution in [2.75, 3.05) is 19.8 Å². The minimum absolute atomic E-state index is 0.556. The predicted octanol–water partition coefficient (Wildman–Crippen LogP) is 0.00160. The van der Waals surface area contributed by atoms with Crippen LogP contribution in [-0.4, -0.2) is 119 Å². The Morgan fingerprint density at radius 2 is 1.12 bits per heavy atom. The number of aliphatic hydroxyl groups excluding tert-OH is 1. The topological polar surface area (TPSA) is 186 Å². The van der Waals surface area contributed by atoms with E-state index in [1.54, 1.807) is 0 Å². The van der Waals surface area contributed by atoms with E-state index in [9.17, 15) is 28.8 Å². The summed E-state index contributed by atoms with van der Waals surface area (Å²) in [4.78, 5) is 32.4. The van der Waals surface area contributed by atoms with Gasteiger partial charge >= 0.3 is 21.6 Å². The van der Waals surface area contributed by atoms with Gasteiger partial charge in [-0.25, -0.2) is 9.13 Å². The maximum atomic E-state index is 12.9. The highest BCUT2D eigenvalue weighted by atomic mass is 31.2. The Balaban J connectivity index is 1.65. The molecule has 3 aliphatic rings. The van der Waals surface area contributed by atoms with Crippen LogP contribution in [0, 0.1) is 17.8 Å². The lowest BCUT2D eigenvalue weighted by Gasteiger charge is -2.27. The fraction of sp³-hybridized carbons (Fsp3) is 0.696. The number of carbonyl (C=O) groups excluding carboxylic acids is 1. The summed E-state index contributed by atoms with van der Waals surface area (Å²) in [6.45, 7) is 10.2. The predicted molar refractivity (Wildman–Crippen MR) is 148 cm³/mol. The Labute approximate surface area is 248 Å².